The molecule has 0 saturated carbocycles. The minimum atomic E-state index is -0.533. The highest BCUT2D eigenvalue weighted by Crippen LogP contribution is 2.35. The van der Waals surface area contributed by atoms with Crippen molar-refractivity contribution in [2.45, 2.75) is 32.7 Å². The first-order chi connectivity index (χ1) is 18.8. The van der Waals surface area contributed by atoms with E-state index in [4.69, 9.17) is 16.6 Å². The molecule has 1 saturated heterocycles. The van der Waals surface area contributed by atoms with E-state index in [9.17, 15) is 14.0 Å². The van der Waals surface area contributed by atoms with E-state index in [-0.39, 0.29) is 28.2 Å². The van der Waals surface area contributed by atoms with E-state index < -0.39 is 11.5 Å². The molecule has 4 aromatic rings. The number of pyridine rings is 2. The van der Waals surface area contributed by atoms with Crippen molar-refractivity contribution in [3.8, 4) is 16.9 Å². The molecule has 8 nitrogen and oxygen atoms in total. The quantitative estimate of drug-likeness (QED) is 0.323. The number of rotatable bonds is 6. The summed E-state index contributed by atoms with van der Waals surface area (Å²) in [6.07, 6.45) is 4.46. The van der Waals surface area contributed by atoms with Gasteiger partial charge in [-0.3, -0.25) is 9.78 Å². The van der Waals surface area contributed by atoms with Crippen molar-refractivity contribution in [3.05, 3.63) is 88.3 Å². The molecular weight excluding hydrogens is 519 g/mol. The van der Waals surface area contributed by atoms with Gasteiger partial charge in [-0.2, -0.15) is 4.98 Å². The first-order valence-corrected chi connectivity index (χ1v) is 13.2. The highest BCUT2D eigenvalue weighted by molar-refractivity contribution is 6.33. The van der Waals surface area contributed by atoms with Crippen LogP contribution in [-0.4, -0.2) is 56.0 Å². The Kier molecular flexibility index (Phi) is 7.43. The van der Waals surface area contributed by atoms with Crippen LogP contribution in [0, 0.1) is 5.82 Å². The van der Waals surface area contributed by atoms with E-state index in [1.54, 1.807) is 41.4 Å². The van der Waals surface area contributed by atoms with Crippen LogP contribution in [0.15, 0.2) is 66.1 Å². The maximum absolute atomic E-state index is 14.8. The second-order valence-electron chi connectivity index (χ2n) is 9.47. The number of nitrogens with zero attached hydrogens (tertiary/aromatic N) is 6. The smallest absolute Gasteiger partial charge is 0.350 e. The molecule has 1 atom stereocenters. The van der Waals surface area contributed by atoms with Crippen LogP contribution in [0.5, 0.6) is 0 Å². The van der Waals surface area contributed by atoms with Crippen LogP contribution in [-0.2, 0) is 11.2 Å². The minimum absolute atomic E-state index is 0.144. The summed E-state index contributed by atoms with van der Waals surface area (Å²) in [6.45, 7) is 8.91. The first kappa shape index (κ1) is 26.5. The Balaban J connectivity index is 1.77. The molecule has 1 fully saturated rings. The first-order valence-electron chi connectivity index (χ1n) is 12.8. The molecule has 4 heterocycles. The van der Waals surface area contributed by atoms with E-state index in [0.717, 1.165) is 12.1 Å². The maximum Gasteiger partial charge on any atom is 0.355 e. The predicted octanol–water partition coefficient (Wildman–Crippen LogP) is 4.81. The summed E-state index contributed by atoms with van der Waals surface area (Å²) in [5, 5.41) is 0.773. The van der Waals surface area contributed by atoms with E-state index in [1.165, 1.54) is 16.7 Å². The summed E-state index contributed by atoms with van der Waals surface area (Å²) in [6, 6.07) is 11.3. The summed E-state index contributed by atoms with van der Waals surface area (Å²) in [4.78, 5) is 43.5. The van der Waals surface area contributed by atoms with Crippen molar-refractivity contribution < 1.29 is 9.18 Å². The maximum atomic E-state index is 14.8. The lowest BCUT2D eigenvalue weighted by atomic mass is 10.1. The van der Waals surface area contributed by atoms with Gasteiger partial charge < -0.3 is 9.80 Å². The monoisotopic (exact) mass is 546 g/mol. The van der Waals surface area contributed by atoms with Gasteiger partial charge in [0, 0.05) is 37.4 Å². The Morgan fingerprint density at radius 1 is 1.21 bits per heavy atom. The molecule has 1 aliphatic rings. The standard InChI is InChI=1S/C29H28ClFN6O2/c1-4-9-23-24(12-8-13-32-23)37-28-20(16-21(30)26(33-28)19-10-6-7-11-22(19)31)27(34-29(37)39)36-15-14-35(17-18(36)3)25(38)5-2/h5-8,10-13,16,18H,2,4,9,14-15,17H2,1,3H3/t18-/m0/s1. The van der Waals surface area contributed by atoms with Crippen molar-refractivity contribution in [1.82, 2.24) is 24.4 Å². The molecule has 1 amide bonds. The van der Waals surface area contributed by atoms with Gasteiger partial charge in [-0.15, -0.1) is 0 Å². The molecule has 10 heteroatoms. The number of piperazine rings is 1. The molecule has 1 aromatic carbocycles. The van der Waals surface area contributed by atoms with E-state index in [2.05, 4.69) is 16.5 Å². The number of aromatic nitrogens is 4. The Labute approximate surface area is 230 Å². The average molecular weight is 547 g/mol. The topological polar surface area (TPSA) is 84.2 Å². The van der Waals surface area contributed by atoms with Gasteiger partial charge in [-0.05, 0) is 49.8 Å². The molecule has 0 unspecified atom stereocenters. The van der Waals surface area contributed by atoms with Crippen molar-refractivity contribution in [1.29, 1.82) is 0 Å². The van der Waals surface area contributed by atoms with Crippen molar-refractivity contribution in [3.63, 3.8) is 0 Å². The summed E-state index contributed by atoms with van der Waals surface area (Å²) < 4.78 is 16.3. The van der Waals surface area contributed by atoms with Crippen molar-refractivity contribution in [2.24, 2.45) is 0 Å². The van der Waals surface area contributed by atoms with Gasteiger partial charge in [0.05, 0.1) is 27.5 Å². The normalized spacial score (nSPS) is 15.5. The molecule has 1 aliphatic heterocycles. The number of anilines is 1. The third-order valence-corrected chi connectivity index (χ3v) is 7.20. The molecule has 0 spiro atoms. The molecule has 5 rings (SSSR count). The highest BCUT2D eigenvalue weighted by atomic mass is 35.5. The summed E-state index contributed by atoms with van der Waals surface area (Å²) in [5.74, 6) is -0.201. The number of hydrogen-bond acceptors (Lipinski definition) is 6. The predicted molar refractivity (Wildman–Crippen MR) is 151 cm³/mol. The lowest BCUT2D eigenvalue weighted by Crippen LogP contribution is -2.54. The van der Waals surface area contributed by atoms with Crippen molar-refractivity contribution >= 4 is 34.4 Å². The number of fused-ring (bicyclic) bond motifs is 1. The molecule has 0 aliphatic carbocycles. The number of benzene rings is 1. The summed E-state index contributed by atoms with van der Waals surface area (Å²) in [7, 11) is 0. The number of carbonyl (C=O) groups excluding carboxylic acids is 1. The lowest BCUT2D eigenvalue weighted by Gasteiger charge is -2.40. The van der Waals surface area contributed by atoms with E-state index >= 15 is 0 Å². The van der Waals surface area contributed by atoms with E-state index in [0.29, 0.717) is 48.6 Å². The molecular formula is C29H28ClFN6O2. The van der Waals surface area contributed by atoms with Gasteiger partial charge >= 0.3 is 5.69 Å². The molecule has 0 bridgehead atoms. The van der Waals surface area contributed by atoms with Gasteiger partial charge in [0.15, 0.2) is 5.65 Å². The minimum Gasteiger partial charge on any atom is -0.350 e. The van der Waals surface area contributed by atoms with Gasteiger partial charge in [0.1, 0.15) is 11.6 Å². The fraction of sp³-hybridized carbons (Fsp3) is 0.276. The third kappa shape index (κ3) is 4.90. The molecule has 0 radical (unpaired) electrons. The molecule has 39 heavy (non-hydrogen) atoms. The second kappa shape index (κ2) is 10.9. The summed E-state index contributed by atoms with van der Waals surface area (Å²) >= 11 is 6.72. The Bertz CT molecular complexity index is 1640. The van der Waals surface area contributed by atoms with Crippen LogP contribution in [0.2, 0.25) is 5.02 Å². The van der Waals surface area contributed by atoms with Gasteiger partial charge in [0.25, 0.3) is 0 Å². The number of aryl methyl sites for hydroxylation is 1. The lowest BCUT2D eigenvalue weighted by molar-refractivity contribution is -0.126. The Morgan fingerprint density at radius 2 is 2.00 bits per heavy atom. The number of amides is 1. The fourth-order valence-electron chi connectivity index (χ4n) is 5.05. The average Bonchev–Trinajstić information content (AvgIpc) is 2.93. The third-order valence-electron chi connectivity index (χ3n) is 6.91. The number of hydrogen-bond donors (Lipinski definition) is 0. The van der Waals surface area contributed by atoms with Crippen molar-refractivity contribution in [2.75, 3.05) is 24.5 Å². The molecule has 0 N–H and O–H groups in total. The zero-order chi connectivity index (χ0) is 27.7. The number of halogens is 2. The largest absolute Gasteiger partial charge is 0.355 e. The van der Waals surface area contributed by atoms with Gasteiger partial charge in [0.2, 0.25) is 5.91 Å². The Morgan fingerprint density at radius 3 is 2.72 bits per heavy atom. The van der Waals surface area contributed by atoms with Crippen LogP contribution in [0.3, 0.4) is 0 Å². The van der Waals surface area contributed by atoms with Crippen LogP contribution >= 0.6 is 11.6 Å². The van der Waals surface area contributed by atoms with Crippen LogP contribution in [0.25, 0.3) is 28.0 Å². The van der Waals surface area contributed by atoms with Gasteiger partial charge in [-0.1, -0.05) is 43.7 Å². The second-order valence-corrected chi connectivity index (χ2v) is 9.88. The van der Waals surface area contributed by atoms with Crippen LogP contribution in [0.4, 0.5) is 10.2 Å². The fourth-order valence-corrected chi connectivity index (χ4v) is 5.30. The molecule has 3 aromatic heterocycles. The SMILES string of the molecule is C=CC(=O)N1CCN(c2nc(=O)n(-c3cccnc3CCC)c3nc(-c4ccccc4F)c(Cl)cc23)[C@@H](C)C1. The number of carbonyl (C=O) groups is 1. The Hall–Kier alpha value is -4.11. The highest BCUT2D eigenvalue weighted by Gasteiger charge is 2.30. The van der Waals surface area contributed by atoms with E-state index in [1.807, 2.05) is 24.8 Å². The van der Waals surface area contributed by atoms with Crippen LogP contribution < -0.4 is 10.6 Å². The van der Waals surface area contributed by atoms with Crippen LogP contribution in [0.1, 0.15) is 26.0 Å². The molecule has 200 valence electrons. The zero-order valence-electron chi connectivity index (χ0n) is 21.8. The summed E-state index contributed by atoms with van der Waals surface area (Å²) in [5.41, 5.74) is 1.52. The van der Waals surface area contributed by atoms with Gasteiger partial charge in [-0.25, -0.2) is 18.7 Å². The zero-order valence-corrected chi connectivity index (χ0v) is 22.5.